The molecule has 19 heavy (non-hydrogen) atoms. The Bertz CT molecular complexity index is 587. The van der Waals surface area contributed by atoms with Crippen LogP contribution in [0.2, 0.25) is 0 Å². The second kappa shape index (κ2) is 5.25. The highest BCUT2D eigenvalue weighted by atomic mass is 35.5. The molecule has 1 aromatic carbocycles. The van der Waals surface area contributed by atoms with Crippen LogP contribution in [0.3, 0.4) is 0 Å². The number of benzene rings is 1. The van der Waals surface area contributed by atoms with Gasteiger partial charge in [0.2, 0.25) is 0 Å². The number of methoxy groups -OCH3 is 1. The van der Waals surface area contributed by atoms with Gasteiger partial charge in [0.05, 0.1) is 18.4 Å². The molecule has 0 aliphatic carbocycles. The summed E-state index contributed by atoms with van der Waals surface area (Å²) < 4.78 is 63.1. The third kappa shape index (κ3) is 2.92. The molecule has 0 heterocycles. The maximum absolute atomic E-state index is 12.4. The van der Waals surface area contributed by atoms with Gasteiger partial charge in [-0.15, -0.1) is 0 Å². The molecule has 106 valence electrons. The van der Waals surface area contributed by atoms with Gasteiger partial charge in [-0.2, -0.15) is 25.4 Å². The van der Waals surface area contributed by atoms with E-state index in [2.05, 4.69) is 4.74 Å². The third-order valence-corrected chi connectivity index (χ3v) is 3.93. The molecular formula is C9H7ClF3NO4S. The second-order valence-corrected chi connectivity index (χ2v) is 5.49. The van der Waals surface area contributed by atoms with Crippen LogP contribution in [0, 0.1) is 0 Å². The summed E-state index contributed by atoms with van der Waals surface area (Å²) >= 11 is 5.21. The number of anilines is 1. The summed E-state index contributed by atoms with van der Waals surface area (Å²) in [5.41, 5.74) is -6.64. The van der Waals surface area contributed by atoms with Crippen LogP contribution in [0.4, 0.5) is 18.9 Å². The number of ether oxygens (including phenoxy) is 1. The topological polar surface area (TPSA) is 63.7 Å². The van der Waals surface area contributed by atoms with E-state index >= 15 is 0 Å². The lowest BCUT2D eigenvalue weighted by Gasteiger charge is -2.19. The maximum Gasteiger partial charge on any atom is 0.517 e. The van der Waals surface area contributed by atoms with Crippen molar-refractivity contribution in [2.24, 2.45) is 0 Å². The number of halogens is 4. The van der Waals surface area contributed by atoms with Crippen molar-refractivity contribution < 1.29 is 31.1 Å². The van der Waals surface area contributed by atoms with E-state index in [1.807, 2.05) is 0 Å². The molecule has 0 bridgehead atoms. The Kier molecular flexibility index (Phi) is 4.31. The molecule has 0 unspecified atom stereocenters. The molecule has 0 aliphatic heterocycles. The zero-order chi connectivity index (χ0) is 14.8. The van der Waals surface area contributed by atoms with Crippen molar-refractivity contribution >= 4 is 33.5 Å². The van der Waals surface area contributed by atoms with Crippen LogP contribution in [0.25, 0.3) is 0 Å². The second-order valence-electron chi connectivity index (χ2n) is 3.17. The highest BCUT2D eigenvalue weighted by Crippen LogP contribution is 2.34. The van der Waals surface area contributed by atoms with Crippen molar-refractivity contribution in [1.29, 1.82) is 0 Å². The number of hydrogen-bond acceptors (Lipinski definition) is 4. The molecule has 0 saturated heterocycles. The molecule has 1 rings (SSSR count). The van der Waals surface area contributed by atoms with Gasteiger partial charge in [0.15, 0.2) is 0 Å². The van der Waals surface area contributed by atoms with E-state index < -0.39 is 36.6 Å². The van der Waals surface area contributed by atoms with Crippen LogP contribution in [0.15, 0.2) is 24.3 Å². The molecule has 1 aromatic rings. The van der Waals surface area contributed by atoms with E-state index in [9.17, 15) is 26.4 Å². The van der Waals surface area contributed by atoms with Gasteiger partial charge in [-0.25, -0.2) is 4.79 Å². The van der Waals surface area contributed by atoms with E-state index in [1.165, 1.54) is 12.1 Å². The molecule has 0 amide bonds. The highest BCUT2D eigenvalue weighted by Gasteiger charge is 2.50. The van der Waals surface area contributed by atoms with Crippen LogP contribution in [0.1, 0.15) is 10.4 Å². The Morgan fingerprint density at radius 3 is 2.32 bits per heavy atom. The van der Waals surface area contributed by atoms with E-state index in [-0.39, 0.29) is 0 Å². The average Bonchev–Trinajstić information content (AvgIpc) is 2.35. The predicted molar refractivity (Wildman–Crippen MR) is 61.1 cm³/mol. The van der Waals surface area contributed by atoms with Crippen molar-refractivity contribution in [2.75, 3.05) is 10.9 Å². The van der Waals surface area contributed by atoms with Crippen LogP contribution < -0.4 is 3.82 Å². The SMILES string of the molecule is COC(=O)c1ccccc1N(Cl)S(=O)(=O)C(F)(F)F. The Hall–Kier alpha value is -1.48. The first-order valence-electron chi connectivity index (χ1n) is 4.57. The van der Waals surface area contributed by atoms with E-state index in [0.29, 0.717) is 0 Å². The largest absolute Gasteiger partial charge is 0.517 e. The number of sulfonamides is 1. The first-order valence-corrected chi connectivity index (χ1v) is 6.35. The fraction of sp³-hybridized carbons (Fsp3) is 0.222. The summed E-state index contributed by atoms with van der Waals surface area (Å²) in [6.07, 6.45) is 0. The number of nitrogens with zero attached hydrogens (tertiary/aromatic N) is 1. The lowest BCUT2D eigenvalue weighted by atomic mass is 10.2. The quantitative estimate of drug-likeness (QED) is 0.634. The number of carbonyl (C=O) groups is 1. The normalized spacial score (nSPS) is 12.1. The smallest absolute Gasteiger partial charge is 0.465 e. The zero-order valence-corrected chi connectivity index (χ0v) is 10.9. The first-order chi connectivity index (χ1) is 8.63. The lowest BCUT2D eigenvalue weighted by Crippen LogP contribution is -2.35. The molecule has 0 aliphatic rings. The van der Waals surface area contributed by atoms with Crippen molar-refractivity contribution in [3.8, 4) is 0 Å². The minimum atomic E-state index is -5.80. The van der Waals surface area contributed by atoms with Gasteiger partial charge >= 0.3 is 21.5 Å². The predicted octanol–water partition coefficient (Wildman–Crippen LogP) is 2.28. The Balaban J connectivity index is 3.36. The number of rotatable bonds is 3. The molecule has 0 saturated carbocycles. The van der Waals surface area contributed by atoms with Crippen molar-refractivity contribution in [2.45, 2.75) is 5.51 Å². The van der Waals surface area contributed by atoms with Crippen LogP contribution >= 0.6 is 11.8 Å². The molecular weight excluding hydrogens is 311 g/mol. The average molecular weight is 318 g/mol. The molecule has 0 spiro atoms. The summed E-state index contributed by atoms with van der Waals surface area (Å²) in [6, 6.07) is 4.58. The molecule has 0 fully saturated rings. The fourth-order valence-electron chi connectivity index (χ4n) is 1.13. The fourth-order valence-corrected chi connectivity index (χ4v) is 2.11. The number of esters is 1. The number of para-hydroxylation sites is 1. The van der Waals surface area contributed by atoms with Crippen molar-refractivity contribution in [1.82, 2.24) is 0 Å². The van der Waals surface area contributed by atoms with Crippen LogP contribution in [-0.2, 0) is 14.8 Å². The molecule has 0 aromatic heterocycles. The molecule has 0 N–H and O–H groups in total. The molecule has 0 radical (unpaired) electrons. The number of alkyl halides is 3. The van der Waals surface area contributed by atoms with Crippen LogP contribution in [0.5, 0.6) is 0 Å². The summed E-state index contributed by atoms with van der Waals surface area (Å²) in [5.74, 6) is -1.02. The van der Waals surface area contributed by atoms with E-state index in [0.717, 1.165) is 19.2 Å². The van der Waals surface area contributed by atoms with Gasteiger partial charge in [0.25, 0.3) is 0 Å². The van der Waals surface area contributed by atoms with Gasteiger partial charge in [-0.1, -0.05) is 12.1 Å². The van der Waals surface area contributed by atoms with Crippen molar-refractivity contribution in [3.05, 3.63) is 29.8 Å². The lowest BCUT2D eigenvalue weighted by molar-refractivity contribution is -0.0434. The maximum atomic E-state index is 12.4. The van der Waals surface area contributed by atoms with E-state index in [4.69, 9.17) is 11.8 Å². The summed E-state index contributed by atoms with van der Waals surface area (Å²) in [5, 5.41) is 0. The standard InChI is InChI=1S/C9H7ClF3NO4S/c1-18-8(15)6-4-2-3-5-7(6)14(10)19(16,17)9(11,12)13/h2-5H,1H3. The Morgan fingerprint density at radius 2 is 1.84 bits per heavy atom. The van der Waals surface area contributed by atoms with Gasteiger partial charge in [0, 0.05) is 11.8 Å². The third-order valence-electron chi connectivity index (χ3n) is 2.00. The first kappa shape index (κ1) is 15.6. The Morgan fingerprint density at radius 1 is 1.32 bits per heavy atom. The Labute approximate surface area is 111 Å². The van der Waals surface area contributed by atoms with E-state index in [1.54, 1.807) is 0 Å². The molecule has 10 heteroatoms. The molecule has 5 nitrogen and oxygen atoms in total. The molecule has 0 atom stereocenters. The summed E-state index contributed by atoms with van der Waals surface area (Å²) in [7, 11) is -4.81. The highest BCUT2D eigenvalue weighted by molar-refractivity contribution is 7.94. The minimum Gasteiger partial charge on any atom is -0.465 e. The van der Waals surface area contributed by atoms with Gasteiger partial charge in [0.1, 0.15) is 0 Å². The number of hydrogen-bond donors (Lipinski definition) is 0. The number of carbonyl (C=O) groups excluding carboxylic acids is 1. The summed E-state index contributed by atoms with van der Waals surface area (Å²) in [4.78, 5) is 11.3. The van der Waals surface area contributed by atoms with Gasteiger partial charge < -0.3 is 4.74 Å². The van der Waals surface area contributed by atoms with Gasteiger partial charge in [-0.05, 0) is 12.1 Å². The summed E-state index contributed by atoms with van der Waals surface area (Å²) in [6.45, 7) is 0. The minimum absolute atomic E-state index is 0.409. The van der Waals surface area contributed by atoms with Crippen molar-refractivity contribution in [3.63, 3.8) is 0 Å². The monoisotopic (exact) mass is 317 g/mol. The van der Waals surface area contributed by atoms with Gasteiger partial charge in [-0.3, -0.25) is 0 Å². The zero-order valence-electron chi connectivity index (χ0n) is 9.31. The van der Waals surface area contributed by atoms with Crippen LogP contribution in [-0.4, -0.2) is 27.0 Å².